The monoisotopic (exact) mass is 224 g/mol. The fourth-order valence-electron chi connectivity index (χ4n) is 1.70. The van der Waals surface area contributed by atoms with Crippen molar-refractivity contribution in [1.29, 1.82) is 0 Å². The first-order valence-corrected chi connectivity index (χ1v) is 5.58. The van der Waals surface area contributed by atoms with Crippen LogP contribution >= 0.6 is 0 Å². The number of halogens is 1. The Labute approximate surface area is 95.1 Å². The van der Waals surface area contributed by atoms with Crippen LogP contribution in [0, 0.1) is 0 Å². The van der Waals surface area contributed by atoms with E-state index in [-0.39, 0.29) is 13.1 Å². The summed E-state index contributed by atoms with van der Waals surface area (Å²) < 4.78 is 12.0. The van der Waals surface area contributed by atoms with E-state index in [4.69, 9.17) is 5.11 Å². The third kappa shape index (κ3) is 4.43. The fraction of sp³-hybridized carbons (Fsp3) is 0.462. The van der Waals surface area contributed by atoms with Crippen molar-refractivity contribution in [1.82, 2.24) is 0 Å². The molecule has 1 aromatic rings. The first-order valence-electron chi connectivity index (χ1n) is 5.58. The number of aliphatic carboxylic acids is 1. The van der Waals surface area contributed by atoms with Crippen LogP contribution < -0.4 is 0 Å². The van der Waals surface area contributed by atoms with Gasteiger partial charge in [-0.3, -0.25) is 9.18 Å². The summed E-state index contributed by atoms with van der Waals surface area (Å²) in [5.74, 6) is -0.779. The summed E-state index contributed by atoms with van der Waals surface area (Å²) in [5.41, 5.74) is 2.22. The molecular weight excluding hydrogens is 207 g/mol. The SMILES string of the molecule is O=C(O)CCc1ccccc1CCCCF. The van der Waals surface area contributed by atoms with E-state index in [9.17, 15) is 9.18 Å². The summed E-state index contributed by atoms with van der Waals surface area (Å²) in [6.45, 7) is -0.280. The Hall–Kier alpha value is -1.38. The van der Waals surface area contributed by atoms with Gasteiger partial charge in [-0.2, -0.15) is 0 Å². The molecule has 1 rings (SSSR count). The average molecular weight is 224 g/mol. The number of unbranched alkanes of at least 4 members (excludes halogenated alkanes) is 1. The highest BCUT2D eigenvalue weighted by molar-refractivity contribution is 5.67. The van der Waals surface area contributed by atoms with Gasteiger partial charge >= 0.3 is 5.97 Å². The number of aryl methyl sites for hydroxylation is 2. The number of carbonyl (C=O) groups is 1. The summed E-state index contributed by atoms with van der Waals surface area (Å²) in [4.78, 5) is 10.5. The van der Waals surface area contributed by atoms with Gasteiger partial charge in [-0.25, -0.2) is 0 Å². The van der Waals surface area contributed by atoms with Crippen molar-refractivity contribution in [3.63, 3.8) is 0 Å². The molecule has 1 N–H and O–H groups in total. The summed E-state index contributed by atoms with van der Waals surface area (Å²) in [6, 6.07) is 7.80. The number of rotatable bonds is 7. The predicted octanol–water partition coefficient (Wildman–Crippen LogP) is 3.00. The number of carboxylic acids is 1. The van der Waals surface area contributed by atoms with Crippen LogP contribution in [-0.2, 0) is 17.6 Å². The number of benzene rings is 1. The van der Waals surface area contributed by atoms with E-state index in [1.165, 1.54) is 0 Å². The van der Waals surface area contributed by atoms with Gasteiger partial charge in [0.2, 0.25) is 0 Å². The minimum absolute atomic E-state index is 0.153. The standard InChI is InChI=1S/C13H17FO2/c14-10-4-3-7-11-5-1-2-6-12(11)8-9-13(15)16/h1-2,5-6H,3-4,7-10H2,(H,15,16). The Morgan fingerprint density at radius 1 is 1.12 bits per heavy atom. The Bertz CT molecular complexity index is 336. The van der Waals surface area contributed by atoms with Crippen LogP contribution in [0.5, 0.6) is 0 Å². The third-order valence-corrected chi connectivity index (χ3v) is 2.56. The Morgan fingerprint density at radius 2 is 1.75 bits per heavy atom. The molecule has 0 radical (unpaired) electrons. The fourth-order valence-corrected chi connectivity index (χ4v) is 1.70. The second kappa shape index (κ2) is 6.99. The lowest BCUT2D eigenvalue weighted by atomic mass is 9.99. The van der Waals surface area contributed by atoms with Gasteiger partial charge in [0.15, 0.2) is 0 Å². The van der Waals surface area contributed by atoms with Gasteiger partial charge in [-0.05, 0) is 36.8 Å². The van der Waals surface area contributed by atoms with Crippen molar-refractivity contribution in [3.05, 3.63) is 35.4 Å². The van der Waals surface area contributed by atoms with E-state index < -0.39 is 5.97 Å². The maximum Gasteiger partial charge on any atom is 0.303 e. The molecule has 88 valence electrons. The maximum atomic E-state index is 12.0. The van der Waals surface area contributed by atoms with Crippen LogP contribution in [-0.4, -0.2) is 17.8 Å². The molecular formula is C13H17FO2. The first kappa shape index (κ1) is 12.7. The van der Waals surface area contributed by atoms with Crippen molar-refractivity contribution < 1.29 is 14.3 Å². The number of hydrogen-bond acceptors (Lipinski definition) is 1. The van der Waals surface area contributed by atoms with Crippen molar-refractivity contribution in [2.75, 3.05) is 6.67 Å². The minimum Gasteiger partial charge on any atom is -0.481 e. The van der Waals surface area contributed by atoms with Gasteiger partial charge in [0, 0.05) is 6.42 Å². The van der Waals surface area contributed by atoms with Crippen molar-refractivity contribution >= 4 is 5.97 Å². The van der Waals surface area contributed by atoms with Crippen LogP contribution in [0.15, 0.2) is 24.3 Å². The highest BCUT2D eigenvalue weighted by atomic mass is 19.1. The van der Waals surface area contributed by atoms with Crippen LogP contribution in [0.3, 0.4) is 0 Å². The largest absolute Gasteiger partial charge is 0.481 e. The van der Waals surface area contributed by atoms with E-state index in [1.807, 2.05) is 24.3 Å². The van der Waals surface area contributed by atoms with Crippen LogP contribution in [0.1, 0.15) is 30.4 Å². The van der Waals surface area contributed by atoms with Gasteiger partial charge in [-0.1, -0.05) is 24.3 Å². The van der Waals surface area contributed by atoms with Crippen LogP contribution in [0.2, 0.25) is 0 Å². The number of alkyl halides is 1. The average Bonchev–Trinajstić information content (AvgIpc) is 2.28. The summed E-state index contributed by atoms with van der Waals surface area (Å²) in [7, 11) is 0. The third-order valence-electron chi connectivity index (χ3n) is 2.56. The van der Waals surface area contributed by atoms with Crippen molar-refractivity contribution in [2.45, 2.75) is 32.1 Å². The van der Waals surface area contributed by atoms with Crippen molar-refractivity contribution in [2.24, 2.45) is 0 Å². The van der Waals surface area contributed by atoms with Crippen LogP contribution in [0.4, 0.5) is 4.39 Å². The second-order valence-corrected chi connectivity index (χ2v) is 3.81. The molecule has 2 nitrogen and oxygen atoms in total. The second-order valence-electron chi connectivity index (χ2n) is 3.81. The van der Waals surface area contributed by atoms with E-state index in [2.05, 4.69) is 0 Å². The highest BCUT2D eigenvalue weighted by Crippen LogP contribution is 2.14. The number of carboxylic acid groups (broad SMARTS) is 1. The van der Waals surface area contributed by atoms with Gasteiger partial charge in [-0.15, -0.1) is 0 Å². The van der Waals surface area contributed by atoms with Gasteiger partial charge < -0.3 is 5.11 Å². The Kier molecular flexibility index (Phi) is 5.54. The van der Waals surface area contributed by atoms with Gasteiger partial charge in [0.25, 0.3) is 0 Å². The zero-order valence-electron chi connectivity index (χ0n) is 9.29. The molecule has 0 aliphatic carbocycles. The van der Waals surface area contributed by atoms with E-state index in [0.29, 0.717) is 12.8 Å². The number of hydrogen-bond donors (Lipinski definition) is 1. The first-order chi connectivity index (χ1) is 7.74. The minimum atomic E-state index is -0.779. The zero-order valence-corrected chi connectivity index (χ0v) is 9.29. The van der Waals surface area contributed by atoms with Gasteiger partial charge in [0.05, 0.1) is 6.67 Å². The topological polar surface area (TPSA) is 37.3 Å². The summed E-state index contributed by atoms with van der Waals surface area (Å²) in [6.07, 6.45) is 2.94. The summed E-state index contributed by atoms with van der Waals surface area (Å²) in [5, 5.41) is 8.63. The molecule has 0 aliphatic heterocycles. The lowest BCUT2D eigenvalue weighted by Crippen LogP contribution is -2.00. The molecule has 0 saturated heterocycles. The molecule has 0 fully saturated rings. The molecule has 3 heteroatoms. The quantitative estimate of drug-likeness (QED) is 0.723. The highest BCUT2D eigenvalue weighted by Gasteiger charge is 2.04. The normalized spacial score (nSPS) is 10.3. The molecule has 0 spiro atoms. The van der Waals surface area contributed by atoms with E-state index >= 15 is 0 Å². The molecule has 0 unspecified atom stereocenters. The molecule has 0 amide bonds. The molecule has 0 saturated carbocycles. The van der Waals surface area contributed by atoms with Gasteiger partial charge in [0.1, 0.15) is 0 Å². The predicted molar refractivity (Wildman–Crippen MR) is 61.3 cm³/mol. The lowest BCUT2D eigenvalue weighted by molar-refractivity contribution is -0.136. The van der Waals surface area contributed by atoms with Crippen molar-refractivity contribution in [3.8, 4) is 0 Å². The molecule has 1 aromatic carbocycles. The molecule has 0 bridgehead atoms. The van der Waals surface area contributed by atoms with E-state index in [1.54, 1.807) is 0 Å². The van der Waals surface area contributed by atoms with Crippen LogP contribution in [0.25, 0.3) is 0 Å². The maximum absolute atomic E-state index is 12.0. The Morgan fingerprint density at radius 3 is 2.31 bits per heavy atom. The lowest BCUT2D eigenvalue weighted by Gasteiger charge is -2.07. The molecule has 0 aliphatic rings. The molecule has 16 heavy (non-hydrogen) atoms. The zero-order chi connectivity index (χ0) is 11.8. The molecule has 0 heterocycles. The van der Waals surface area contributed by atoms with E-state index in [0.717, 1.165) is 24.0 Å². The molecule has 0 atom stereocenters. The summed E-state index contributed by atoms with van der Waals surface area (Å²) >= 11 is 0. The Balaban J connectivity index is 2.56. The smallest absolute Gasteiger partial charge is 0.303 e. The molecule has 0 aromatic heterocycles.